The first-order valence-electron chi connectivity index (χ1n) is 13.5. The van der Waals surface area contributed by atoms with Gasteiger partial charge in [-0.25, -0.2) is 4.79 Å². The first-order valence-corrected chi connectivity index (χ1v) is 13.5. The molecule has 1 amide bonds. The summed E-state index contributed by atoms with van der Waals surface area (Å²) in [6.45, 7) is 4.81. The molecular weight excluding hydrogens is 530 g/mol. The molecule has 1 aliphatic heterocycles. The Morgan fingerprint density at radius 1 is 0.805 bits per heavy atom. The van der Waals surface area contributed by atoms with Gasteiger partial charge in [0.15, 0.2) is 12.2 Å². The van der Waals surface area contributed by atoms with Crippen LogP contribution in [-0.4, -0.2) is 72.8 Å². The highest BCUT2D eigenvalue weighted by Gasteiger charge is 2.53. The molecule has 41 heavy (non-hydrogen) atoms. The molecule has 0 spiro atoms. The van der Waals surface area contributed by atoms with Crippen molar-refractivity contribution in [2.24, 2.45) is 0 Å². The average Bonchev–Trinajstić information content (AvgIpc) is 2.95. The summed E-state index contributed by atoms with van der Waals surface area (Å²) < 4.78 is 28.8. The molecule has 10 heteroatoms. The number of likely N-dealkylation sites (tertiary alicyclic amines) is 1. The maximum Gasteiger partial charge on any atom is 0.330 e. The largest absolute Gasteiger partial charge is 0.463 e. The van der Waals surface area contributed by atoms with Crippen LogP contribution in [0.4, 0.5) is 0 Å². The van der Waals surface area contributed by atoms with Gasteiger partial charge in [-0.3, -0.25) is 14.4 Å². The molecule has 3 rings (SSSR count). The van der Waals surface area contributed by atoms with Crippen molar-refractivity contribution in [3.05, 3.63) is 83.9 Å². The van der Waals surface area contributed by atoms with Crippen LogP contribution in [0.2, 0.25) is 0 Å². The molecule has 2 aromatic rings. The highest BCUT2D eigenvalue weighted by Crippen LogP contribution is 2.33. The van der Waals surface area contributed by atoms with Crippen molar-refractivity contribution in [2.45, 2.75) is 70.8 Å². The van der Waals surface area contributed by atoms with E-state index in [9.17, 15) is 19.2 Å². The second-order valence-electron chi connectivity index (χ2n) is 9.49. The summed E-state index contributed by atoms with van der Waals surface area (Å²) in [5.74, 6) is -1.74. The van der Waals surface area contributed by atoms with Crippen LogP contribution >= 0.6 is 0 Å². The number of esters is 3. The molecule has 1 heterocycles. The van der Waals surface area contributed by atoms with Crippen molar-refractivity contribution in [1.29, 1.82) is 0 Å². The molecular formula is C31H37NO9. The van der Waals surface area contributed by atoms with Gasteiger partial charge < -0.3 is 28.6 Å². The van der Waals surface area contributed by atoms with Crippen molar-refractivity contribution in [2.75, 3.05) is 13.2 Å². The van der Waals surface area contributed by atoms with E-state index in [1.807, 2.05) is 60.7 Å². The molecule has 0 N–H and O–H groups in total. The van der Waals surface area contributed by atoms with Crippen molar-refractivity contribution in [3.8, 4) is 0 Å². The lowest BCUT2D eigenvalue weighted by Crippen LogP contribution is -2.69. The smallest absolute Gasteiger partial charge is 0.330 e. The number of rotatable bonds is 14. The van der Waals surface area contributed by atoms with E-state index in [4.69, 9.17) is 23.7 Å². The summed E-state index contributed by atoms with van der Waals surface area (Å²) in [5, 5.41) is 0. The number of benzene rings is 2. The van der Waals surface area contributed by atoms with Crippen LogP contribution in [-0.2, 0) is 56.1 Å². The van der Waals surface area contributed by atoms with Gasteiger partial charge in [0, 0.05) is 19.9 Å². The van der Waals surface area contributed by atoms with Gasteiger partial charge in [0.2, 0.25) is 6.41 Å². The lowest BCUT2D eigenvalue weighted by Gasteiger charge is -2.50. The fourth-order valence-electron chi connectivity index (χ4n) is 4.80. The Labute approximate surface area is 240 Å². The molecule has 5 atom stereocenters. The van der Waals surface area contributed by atoms with E-state index < -0.39 is 48.3 Å². The van der Waals surface area contributed by atoms with Crippen LogP contribution in [0.5, 0.6) is 0 Å². The van der Waals surface area contributed by atoms with E-state index in [0.717, 1.165) is 11.1 Å². The van der Waals surface area contributed by atoms with Crippen molar-refractivity contribution < 1.29 is 42.9 Å². The third kappa shape index (κ3) is 9.54. The molecule has 0 saturated carbocycles. The Hall–Kier alpha value is -4.02. The number of nitrogens with zero attached hydrogens (tertiary/aromatic N) is 1. The highest BCUT2D eigenvalue weighted by molar-refractivity contribution is 5.81. The highest BCUT2D eigenvalue weighted by atomic mass is 16.6. The quantitative estimate of drug-likeness (QED) is 0.147. The number of carbonyl (C=O) groups excluding carboxylic acids is 4. The molecule has 1 fully saturated rings. The van der Waals surface area contributed by atoms with E-state index >= 15 is 0 Å². The van der Waals surface area contributed by atoms with Crippen LogP contribution in [0.15, 0.2) is 72.8 Å². The second kappa shape index (κ2) is 16.3. The standard InChI is InChI=1S/C31H37NO9/c1-4-38-28(36)17-11-16-26-29(40-22(2)34)31(39-19-25-14-9-6-10-15-25)30(41-23(3)35)27(32(26)21-33)20-37-18-24-12-7-5-8-13-24/h5-15,17,21,26-27,29-31H,4,16,18-20H2,1-3H3/b17-11+/t26-,27-,29+,30-,31-/m1/s1. The first kappa shape index (κ1) is 31.5. The van der Waals surface area contributed by atoms with Gasteiger partial charge in [-0.05, 0) is 24.5 Å². The fraction of sp³-hybridized carbons (Fsp3) is 0.419. The van der Waals surface area contributed by atoms with Gasteiger partial charge in [-0.2, -0.15) is 0 Å². The Bertz CT molecular complexity index is 1150. The number of piperidine rings is 1. The molecule has 0 aromatic heterocycles. The van der Waals surface area contributed by atoms with E-state index in [2.05, 4.69) is 0 Å². The number of amides is 1. The lowest BCUT2D eigenvalue weighted by molar-refractivity contribution is -0.218. The van der Waals surface area contributed by atoms with Gasteiger partial charge in [0.25, 0.3) is 0 Å². The lowest BCUT2D eigenvalue weighted by atomic mass is 9.86. The summed E-state index contributed by atoms with van der Waals surface area (Å²) in [6, 6.07) is 17.3. The third-order valence-electron chi connectivity index (χ3n) is 6.50. The topological polar surface area (TPSA) is 118 Å². The van der Waals surface area contributed by atoms with Crippen LogP contribution in [0.1, 0.15) is 38.3 Å². The van der Waals surface area contributed by atoms with Gasteiger partial charge in [-0.15, -0.1) is 0 Å². The molecule has 1 saturated heterocycles. The Morgan fingerprint density at radius 2 is 1.37 bits per heavy atom. The van der Waals surface area contributed by atoms with E-state index in [1.54, 1.807) is 13.0 Å². The van der Waals surface area contributed by atoms with Crippen LogP contribution < -0.4 is 0 Å². The van der Waals surface area contributed by atoms with Gasteiger partial charge >= 0.3 is 17.9 Å². The van der Waals surface area contributed by atoms with Gasteiger partial charge in [0.05, 0.1) is 38.5 Å². The minimum Gasteiger partial charge on any atom is -0.463 e. The second-order valence-corrected chi connectivity index (χ2v) is 9.49. The molecule has 10 nitrogen and oxygen atoms in total. The summed E-state index contributed by atoms with van der Waals surface area (Å²) in [6.07, 6.45) is 0.553. The van der Waals surface area contributed by atoms with E-state index in [1.165, 1.54) is 24.8 Å². The zero-order valence-electron chi connectivity index (χ0n) is 23.5. The molecule has 0 aliphatic carbocycles. The zero-order valence-corrected chi connectivity index (χ0v) is 23.5. The molecule has 2 aromatic carbocycles. The Kier molecular flexibility index (Phi) is 12.5. The number of ether oxygens (including phenoxy) is 5. The fourth-order valence-corrected chi connectivity index (χ4v) is 4.80. The van der Waals surface area contributed by atoms with E-state index in [0.29, 0.717) is 6.41 Å². The van der Waals surface area contributed by atoms with Crippen LogP contribution in [0.25, 0.3) is 0 Å². The predicted molar refractivity (Wildman–Crippen MR) is 148 cm³/mol. The summed E-state index contributed by atoms with van der Waals surface area (Å²) >= 11 is 0. The zero-order chi connectivity index (χ0) is 29.6. The summed E-state index contributed by atoms with van der Waals surface area (Å²) in [4.78, 5) is 50.5. The molecule has 0 radical (unpaired) electrons. The van der Waals surface area contributed by atoms with Crippen molar-refractivity contribution in [1.82, 2.24) is 4.90 Å². The summed E-state index contributed by atoms with van der Waals surface area (Å²) in [5.41, 5.74) is 1.78. The minimum atomic E-state index is -1.03. The molecule has 0 unspecified atom stereocenters. The number of hydrogen-bond acceptors (Lipinski definition) is 9. The Morgan fingerprint density at radius 3 is 1.90 bits per heavy atom. The molecule has 220 valence electrons. The minimum absolute atomic E-state index is 0.00165. The Balaban J connectivity index is 1.98. The summed E-state index contributed by atoms with van der Waals surface area (Å²) in [7, 11) is 0. The first-order chi connectivity index (χ1) is 19.8. The molecule has 0 bridgehead atoms. The maximum atomic E-state index is 12.6. The number of carbonyl (C=O) groups is 4. The van der Waals surface area contributed by atoms with Gasteiger partial charge in [-0.1, -0.05) is 66.7 Å². The van der Waals surface area contributed by atoms with Crippen molar-refractivity contribution in [3.63, 3.8) is 0 Å². The average molecular weight is 568 g/mol. The van der Waals surface area contributed by atoms with Gasteiger partial charge in [0.1, 0.15) is 6.10 Å². The SMILES string of the molecule is CCOC(=O)/C=C/C[C@@H]1[C@H](OC(C)=O)[C@@H](OCc2ccccc2)[C@H](OC(C)=O)[C@@H](COCc2ccccc2)N1C=O. The predicted octanol–water partition coefficient (Wildman–Crippen LogP) is 3.37. The monoisotopic (exact) mass is 567 g/mol. The molecule has 1 aliphatic rings. The van der Waals surface area contributed by atoms with Crippen molar-refractivity contribution >= 4 is 24.3 Å². The maximum absolute atomic E-state index is 12.6. The van der Waals surface area contributed by atoms with E-state index in [-0.39, 0.29) is 32.8 Å². The van der Waals surface area contributed by atoms with Crippen LogP contribution in [0.3, 0.4) is 0 Å². The third-order valence-corrected chi connectivity index (χ3v) is 6.50. The number of hydrogen-bond donors (Lipinski definition) is 0. The normalized spacial score (nSPS) is 22.2. The van der Waals surface area contributed by atoms with Crippen LogP contribution in [0, 0.1) is 0 Å².